The highest BCUT2D eigenvalue weighted by Crippen LogP contribution is 2.32. The van der Waals surface area contributed by atoms with E-state index in [9.17, 15) is 10.1 Å². The van der Waals surface area contributed by atoms with Crippen molar-refractivity contribution < 1.29 is 9.66 Å². The number of nitro groups is 1. The lowest BCUT2D eigenvalue weighted by molar-refractivity contribution is -0.386. The molecule has 0 unspecified atom stereocenters. The number of rotatable bonds is 4. The highest BCUT2D eigenvalue weighted by atomic mass is 35.5. The highest BCUT2D eigenvalue weighted by Gasteiger charge is 2.24. The van der Waals surface area contributed by atoms with Gasteiger partial charge in [-0.3, -0.25) is 10.1 Å². The topological polar surface area (TPSA) is 78.2 Å². The molecule has 1 aliphatic carbocycles. The van der Waals surface area contributed by atoms with Crippen LogP contribution in [0.5, 0.6) is 5.88 Å². The quantitative estimate of drug-likeness (QED) is 0.471. The van der Waals surface area contributed by atoms with E-state index >= 15 is 0 Å². The largest absolute Gasteiger partial charge is 0.472 e. The summed E-state index contributed by atoms with van der Waals surface area (Å²) >= 11 is 5.65. The van der Waals surface area contributed by atoms with E-state index in [1.807, 2.05) is 0 Å². The number of nitrogens with zero attached hydrogens (tertiary/aromatic N) is 3. The molecule has 0 N–H and O–H groups in total. The van der Waals surface area contributed by atoms with Crippen molar-refractivity contribution in [3.63, 3.8) is 0 Å². The Hall–Kier alpha value is -1.43. The molecule has 1 heterocycles. The van der Waals surface area contributed by atoms with Crippen LogP contribution in [0.1, 0.15) is 25.7 Å². The van der Waals surface area contributed by atoms with Gasteiger partial charge in [0.15, 0.2) is 0 Å². The van der Waals surface area contributed by atoms with Gasteiger partial charge in [0.2, 0.25) is 5.15 Å². The van der Waals surface area contributed by atoms with Gasteiger partial charge in [-0.25, -0.2) is 4.98 Å². The molecule has 0 aliphatic heterocycles. The number of hydrogen-bond acceptors (Lipinski definition) is 5. The number of ether oxygens (including phenoxy) is 1. The minimum absolute atomic E-state index is 0.0399. The average Bonchev–Trinajstić information content (AvgIpc) is 2.78. The zero-order chi connectivity index (χ0) is 12.3. The van der Waals surface area contributed by atoms with Gasteiger partial charge in [0, 0.05) is 0 Å². The second-order valence-electron chi connectivity index (χ2n) is 4.04. The van der Waals surface area contributed by atoms with Gasteiger partial charge < -0.3 is 4.74 Å². The molecule has 0 atom stereocenters. The molecule has 0 bridgehead atoms. The van der Waals surface area contributed by atoms with E-state index in [2.05, 4.69) is 9.97 Å². The standard InChI is InChI=1S/C10H12ClN3O3/c11-9-8(14(15)16)10(13-6-12-9)17-5-7-3-1-2-4-7/h6-7H,1-5H2. The first kappa shape index (κ1) is 12.0. The molecule has 1 aromatic heterocycles. The molecule has 0 aromatic carbocycles. The summed E-state index contributed by atoms with van der Waals surface area (Å²) < 4.78 is 5.39. The van der Waals surface area contributed by atoms with E-state index in [1.54, 1.807) is 0 Å². The second kappa shape index (κ2) is 5.27. The van der Waals surface area contributed by atoms with Crippen LogP contribution < -0.4 is 4.74 Å². The van der Waals surface area contributed by atoms with Gasteiger partial charge in [-0.15, -0.1) is 0 Å². The zero-order valence-corrected chi connectivity index (χ0v) is 9.89. The average molecular weight is 258 g/mol. The van der Waals surface area contributed by atoms with Gasteiger partial charge in [-0.2, -0.15) is 4.98 Å². The summed E-state index contributed by atoms with van der Waals surface area (Å²) in [5, 5.41) is 10.6. The van der Waals surface area contributed by atoms with Crippen molar-refractivity contribution in [1.29, 1.82) is 0 Å². The summed E-state index contributed by atoms with van der Waals surface area (Å²) in [5.41, 5.74) is -0.354. The fourth-order valence-electron chi connectivity index (χ4n) is 1.98. The summed E-state index contributed by atoms with van der Waals surface area (Å²) in [6.07, 6.45) is 5.76. The first-order chi connectivity index (χ1) is 8.18. The first-order valence-electron chi connectivity index (χ1n) is 5.46. The van der Waals surface area contributed by atoms with E-state index in [0.29, 0.717) is 12.5 Å². The minimum atomic E-state index is -0.619. The maximum Gasteiger partial charge on any atom is 0.367 e. The van der Waals surface area contributed by atoms with Crippen molar-refractivity contribution in [2.45, 2.75) is 25.7 Å². The molecule has 1 fully saturated rings. The molecule has 1 aromatic rings. The maximum atomic E-state index is 10.8. The molecule has 0 radical (unpaired) electrons. The Kier molecular flexibility index (Phi) is 3.73. The van der Waals surface area contributed by atoms with Gasteiger partial charge in [0.1, 0.15) is 6.33 Å². The fraction of sp³-hybridized carbons (Fsp3) is 0.600. The Morgan fingerprint density at radius 3 is 2.82 bits per heavy atom. The summed E-state index contributed by atoms with van der Waals surface area (Å²) in [6, 6.07) is 0. The Morgan fingerprint density at radius 2 is 2.18 bits per heavy atom. The monoisotopic (exact) mass is 257 g/mol. The van der Waals surface area contributed by atoms with Crippen LogP contribution in [0.3, 0.4) is 0 Å². The smallest absolute Gasteiger partial charge is 0.367 e. The maximum absolute atomic E-state index is 10.8. The minimum Gasteiger partial charge on any atom is -0.472 e. The van der Waals surface area contributed by atoms with Crippen LogP contribution >= 0.6 is 11.6 Å². The number of halogens is 1. The molecule has 0 spiro atoms. The molecule has 0 amide bonds. The van der Waals surface area contributed by atoms with Gasteiger partial charge in [0.25, 0.3) is 5.88 Å². The predicted octanol–water partition coefficient (Wildman–Crippen LogP) is 2.61. The Labute approximate surface area is 103 Å². The van der Waals surface area contributed by atoms with Crippen molar-refractivity contribution in [2.24, 2.45) is 5.92 Å². The van der Waals surface area contributed by atoms with E-state index in [1.165, 1.54) is 19.2 Å². The van der Waals surface area contributed by atoms with E-state index in [-0.39, 0.29) is 16.7 Å². The molecule has 92 valence electrons. The van der Waals surface area contributed by atoms with Crippen LogP contribution in [0.4, 0.5) is 5.69 Å². The molecule has 0 saturated heterocycles. The second-order valence-corrected chi connectivity index (χ2v) is 4.39. The van der Waals surface area contributed by atoms with Crippen LogP contribution in [0.15, 0.2) is 6.33 Å². The molecule has 2 rings (SSSR count). The molecular formula is C10H12ClN3O3. The first-order valence-corrected chi connectivity index (χ1v) is 5.84. The van der Waals surface area contributed by atoms with Gasteiger partial charge >= 0.3 is 5.69 Å². The predicted molar refractivity (Wildman–Crippen MR) is 61.1 cm³/mol. The van der Waals surface area contributed by atoms with Crippen molar-refractivity contribution in [3.8, 4) is 5.88 Å². The SMILES string of the molecule is O=[N+]([O-])c1c(Cl)ncnc1OCC1CCCC1. The van der Waals surface area contributed by atoms with Crippen LogP contribution in [0.2, 0.25) is 5.15 Å². The molecule has 17 heavy (non-hydrogen) atoms. The molecule has 1 aliphatic rings. The van der Waals surface area contributed by atoms with Gasteiger partial charge in [-0.05, 0) is 18.8 Å². The third-order valence-corrected chi connectivity index (χ3v) is 3.13. The van der Waals surface area contributed by atoms with Crippen LogP contribution in [-0.2, 0) is 0 Å². The number of aromatic nitrogens is 2. The van der Waals surface area contributed by atoms with E-state index < -0.39 is 4.92 Å². The molecular weight excluding hydrogens is 246 g/mol. The van der Waals surface area contributed by atoms with Crippen LogP contribution in [0, 0.1) is 16.0 Å². The van der Waals surface area contributed by atoms with E-state index in [0.717, 1.165) is 12.8 Å². The lowest BCUT2D eigenvalue weighted by atomic mass is 10.1. The summed E-state index contributed by atoms with van der Waals surface area (Å²) in [6.45, 7) is 0.453. The third-order valence-electron chi connectivity index (χ3n) is 2.86. The van der Waals surface area contributed by atoms with Gasteiger partial charge in [-0.1, -0.05) is 24.4 Å². The summed E-state index contributed by atoms with van der Waals surface area (Å²) in [4.78, 5) is 17.5. The van der Waals surface area contributed by atoms with Crippen LogP contribution in [-0.4, -0.2) is 21.5 Å². The van der Waals surface area contributed by atoms with Crippen LogP contribution in [0.25, 0.3) is 0 Å². The van der Waals surface area contributed by atoms with Crippen molar-refractivity contribution in [1.82, 2.24) is 9.97 Å². The van der Waals surface area contributed by atoms with Gasteiger partial charge in [0.05, 0.1) is 11.5 Å². The van der Waals surface area contributed by atoms with Crippen molar-refractivity contribution >= 4 is 17.3 Å². The molecule has 6 nitrogen and oxygen atoms in total. The molecule has 1 saturated carbocycles. The van der Waals surface area contributed by atoms with Crippen molar-refractivity contribution in [3.05, 3.63) is 21.6 Å². The van der Waals surface area contributed by atoms with Crippen molar-refractivity contribution in [2.75, 3.05) is 6.61 Å². The zero-order valence-electron chi connectivity index (χ0n) is 9.13. The number of hydrogen-bond donors (Lipinski definition) is 0. The third kappa shape index (κ3) is 2.82. The Bertz CT molecular complexity index is 421. The molecule has 7 heteroatoms. The normalized spacial score (nSPS) is 16.1. The summed E-state index contributed by atoms with van der Waals surface area (Å²) in [7, 11) is 0. The lowest BCUT2D eigenvalue weighted by Gasteiger charge is -2.10. The Balaban J connectivity index is 2.09. The lowest BCUT2D eigenvalue weighted by Crippen LogP contribution is -2.10. The highest BCUT2D eigenvalue weighted by molar-refractivity contribution is 6.31. The van der Waals surface area contributed by atoms with E-state index in [4.69, 9.17) is 16.3 Å². The summed E-state index contributed by atoms with van der Waals surface area (Å²) in [5.74, 6) is 0.422. The fourth-order valence-corrected chi connectivity index (χ4v) is 2.17. The Morgan fingerprint density at radius 1 is 1.47 bits per heavy atom.